The van der Waals surface area contributed by atoms with Crippen LogP contribution in [0.5, 0.6) is 0 Å². The molecule has 0 aromatic rings. The number of hydrogen-bond acceptors (Lipinski definition) is 10. The average Bonchev–Trinajstić information content (AvgIpc) is 1.45. The number of hydrogen-bond donors (Lipinski definition) is 1. The van der Waals surface area contributed by atoms with E-state index in [2.05, 4.69) is 0 Å². The normalized spacial score (nSPS) is 8.35. The maximum Gasteiger partial charge on any atom is 2.00 e. The van der Waals surface area contributed by atoms with Crippen LogP contribution in [0.3, 0.4) is 0 Å². The molecule has 0 aliphatic rings. The topological polar surface area (TPSA) is 236 Å². The van der Waals surface area contributed by atoms with Crippen LogP contribution in [-0.2, 0) is 67.6 Å². The molecule has 0 fully saturated rings. The quantitative estimate of drug-likeness (QED) is 0.158. The van der Waals surface area contributed by atoms with Gasteiger partial charge in [-0.15, -0.1) is 10.1 Å². The summed E-state index contributed by atoms with van der Waals surface area (Å²) >= 11 is 0. The average molecular weight is 449 g/mol. The Bertz CT molecular complexity index is 201. The van der Waals surface area contributed by atoms with Gasteiger partial charge < -0.3 is 43.7 Å². The van der Waals surface area contributed by atoms with E-state index in [1.54, 1.807) is 0 Å². The summed E-state index contributed by atoms with van der Waals surface area (Å²) < 4.78 is 17.1. The van der Waals surface area contributed by atoms with Crippen LogP contribution in [0.2, 0.25) is 0 Å². The van der Waals surface area contributed by atoms with E-state index < -0.39 is 20.7 Å². The summed E-state index contributed by atoms with van der Waals surface area (Å²) in [4.78, 5) is 59.7. The van der Waals surface area contributed by atoms with Crippen LogP contribution in [0.4, 0.5) is 0 Å². The predicted molar refractivity (Wildman–Crippen MR) is 24.0 cm³/mol. The summed E-state index contributed by atoms with van der Waals surface area (Å²) in [6.45, 7) is 0. The molecule has 0 aliphatic carbocycles. The van der Waals surface area contributed by atoms with Crippen molar-refractivity contribution in [3.05, 3.63) is 10.1 Å². The molecule has 0 rings (SSSR count). The van der Waals surface area contributed by atoms with E-state index in [9.17, 15) is 0 Å². The Labute approximate surface area is 132 Å². The Morgan fingerprint density at radius 1 is 0.765 bits per heavy atom. The summed E-state index contributed by atoms with van der Waals surface area (Å²) in [5, 5.41) is 13.6. The maximum absolute atomic E-state index is 8.55. The van der Waals surface area contributed by atoms with Crippen molar-refractivity contribution in [2.24, 2.45) is 0 Å². The van der Waals surface area contributed by atoms with Crippen molar-refractivity contribution in [3.8, 4) is 0 Å². The van der Waals surface area contributed by atoms with Gasteiger partial charge in [0.1, 0.15) is 0 Å². The van der Waals surface area contributed by atoms with Gasteiger partial charge in [-0.3, -0.25) is 0 Å². The van der Waals surface area contributed by atoms with Gasteiger partial charge in [0.15, 0.2) is 0 Å². The van der Waals surface area contributed by atoms with E-state index in [1.165, 1.54) is 0 Å². The molecule has 0 saturated heterocycles. The minimum atomic E-state index is -5.39. The van der Waals surface area contributed by atoms with Crippen molar-refractivity contribution in [1.29, 1.82) is 0 Å². The van der Waals surface area contributed by atoms with Crippen molar-refractivity contribution >= 4 is 15.6 Å². The van der Waals surface area contributed by atoms with Gasteiger partial charge in [-0.2, -0.15) is 15.6 Å². The van der Waals surface area contributed by atoms with Crippen LogP contribution in [-0.4, -0.2) is 10.3 Å². The van der Waals surface area contributed by atoms with Gasteiger partial charge >= 0.3 is 58.4 Å². The Morgan fingerprint density at radius 3 is 0.765 bits per heavy atom. The Balaban J connectivity index is -0.0000000247. The van der Waals surface area contributed by atoms with E-state index in [4.69, 9.17) is 53.8 Å². The van der Waals surface area contributed by atoms with E-state index in [0.717, 1.165) is 0 Å². The first kappa shape index (κ1) is 36.2. The molecular formula is HNO11P2Zn3. The van der Waals surface area contributed by atoms with Gasteiger partial charge in [-0.1, -0.05) is 0 Å². The third kappa shape index (κ3) is 2430. The van der Waals surface area contributed by atoms with Crippen molar-refractivity contribution in [1.82, 2.24) is 0 Å². The zero-order chi connectivity index (χ0) is 12.6. The Morgan fingerprint density at radius 2 is 0.765 bits per heavy atom. The number of nitrogens with zero attached hydrogens (tertiary/aromatic N) is 1. The molecule has 0 heterocycles. The molecule has 0 amide bonds. The zero-order valence-corrected chi connectivity index (χ0v) is 18.7. The summed E-state index contributed by atoms with van der Waals surface area (Å²) in [7, 11) is -10.8. The molecule has 0 aromatic carbocycles. The molecule has 1 N–H and O–H groups in total. The molecule has 12 nitrogen and oxygen atoms in total. The second kappa shape index (κ2) is 17.3. The fourth-order valence-electron chi connectivity index (χ4n) is 0. The van der Waals surface area contributed by atoms with Gasteiger partial charge in [0.25, 0.3) is 5.09 Å². The Kier molecular flexibility index (Phi) is 36.8. The molecule has 0 saturated carbocycles. The monoisotopic (exact) mass is 445 g/mol. The van der Waals surface area contributed by atoms with E-state index in [-0.39, 0.29) is 58.4 Å². The standard InChI is InChI=1S/HNO3.2H3O4P.3Zn/c2-1(3)4;2*1-5(2,3)4;;;/h(H,2,3,4);2*(H3,1,2,3,4);;;/q;;;3*+2/p-6. The zero-order valence-electron chi connectivity index (χ0n) is 7.99. The molecule has 0 aromatic heterocycles. The number of rotatable bonds is 0. The van der Waals surface area contributed by atoms with Gasteiger partial charge in [0, 0.05) is 0 Å². The minimum Gasteiger partial charge on any atom is -0.822 e. The molecule has 88 valence electrons. The fraction of sp³-hybridized carbons (Fsp3) is 0. The third-order valence-electron chi connectivity index (χ3n) is 0. The fourth-order valence-corrected chi connectivity index (χ4v) is 0. The summed E-state index contributed by atoms with van der Waals surface area (Å²) in [5.41, 5.74) is 0. The van der Waals surface area contributed by atoms with Gasteiger partial charge in [-0.25, -0.2) is 0 Å². The molecule has 0 spiro atoms. The summed E-state index contributed by atoms with van der Waals surface area (Å²) in [6, 6.07) is 0. The molecule has 0 aliphatic heterocycles. The van der Waals surface area contributed by atoms with E-state index in [0.29, 0.717) is 0 Å². The Hall–Kier alpha value is 1.29. The molecule has 0 unspecified atom stereocenters. The number of phosphoric acid groups is 2. The maximum atomic E-state index is 8.55. The molecule has 0 bridgehead atoms. The van der Waals surface area contributed by atoms with Crippen LogP contribution < -0.4 is 29.4 Å². The molecule has 0 radical (unpaired) electrons. The molecule has 17 heteroatoms. The first-order valence-corrected chi connectivity index (χ1v) is 4.95. The first-order valence-electron chi connectivity index (χ1n) is 2.03. The third-order valence-corrected chi connectivity index (χ3v) is 0. The van der Waals surface area contributed by atoms with Crippen LogP contribution in [0.25, 0.3) is 0 Å². The summed E-state index contributed by atoms with van der Waals surface area (Å²) in [5.74, 6) is 0. The minimum absolute atomic E-state index is 0. The van der Waals surface area contributed by atoms with Crippen molar-refractivity contribution in [2.45, 2.75) is 0 Å². The smallest absolute Gasteiger partial charge is 0.822 e. The molecule has 0 atom stereocenters. The van der Waals surface area contributed by atoms with Crippen molar-refractivity contribution in [3.63, 3.8) is 0 Å². The second-order valence-electron chi connectivity index (χ2n) is 1.13. The second-order valence-corrected chi connectivity index (χ2v) is 2.92. The van der Waals surface area contributed by atoms with Crippen LogP contribution >= 0.6 is 15.6 Å². The van der Waals surface area contributed by atoms with Crippen LogP contribution in [0.15, 0.2) is 0 Å². The summed E-state index contributed by atoms with van der Waals surface area (Å²) in [6.07, 6.45) is 0. The van der Waals surface area contributed by atoms with Gasteiger partial charge in [-0.05, 0) is 0 Å². The SMILES string of the molecule is O=P([O-])([O-])[O-].O=P([O-])([O-])[O-].O=[N+]([O-])O.[Zn+2].[Zn+2].[Zn+2]. The van der Waals surface area contributed by atoms with Gasteiger partial charge in [0.2, 0.25) is 0 Å². The van der Waals surface area contributed by atoms with Crippen LogP contribution in [0.1, 0.15) is 0 Å². The van der Waals surface area contributed by atoms with Crippen LogP contribution in [0, 0.1) is 10.1 Å². The van der Waals surface area contributed by atoms with E-state index in [1.807, 2.05) is 0 Å². The van der Waals surface area contributed by atoms with Crippen molar-refractivity contribution in [2.75, 3.05) is 0 Å². The first-order chi connectivity index (χ1) is 5.73. The largest absolute Gasteiger partial charge is 2.00 e. The molecular weight excluding hydrogens is 448 g/mol. The molecule has 17 heavy (non-hydrogen) atoms. The predicted octanol–water partition coefficient (Wildman–Crippen LogP) is -6.00. The van der Waals surface area contributed by atoms with Crippen molar-refractivity contribution < 1.29 is 107 Å². The van der Waals surface area contributed by atoms with Gasteiger partial charge in [0.05, 0.1) is 0 Å². The van der Waals surface area contributed by atoms with E-state index >= 15 is 0 Å².